The number of nitrogens with one attached hydrogen (secondary N) is 1. The van der Waals surface area contributed by atoms with E-state index in [-0.39, 0.29) is 36.8 Å². The fourth-order valence-corrected chi connectivity index (χ4v) is 4.41. The van der Waals surface area contributed by atoms with Crippen molar-refractivity contribution in [2.45, 2.75) is 50.4 Å². The number of fused-ring (bicyclic) bond motifs is 2. The Morgan fingerprint density at radius 3 is 2.19 bits per heavy atom. The highest BCUT2D eigenvalue weighted by molar-refractivity contribution is 5.99. The summed E-state index contributed by atoms with van der Waals surface area (Å²) >= 11 is 0. The first-order valence-electron chi connectivity index (χ1n) is 9.16. The molecule has 2 aromatic carbocycles. The topological polar surface area (TPSA) is 58.4 Å². The molecule has 3 N–H and O–H groups in total. The number of amides is 1. The molecule has 0 aliphatic carbocycles. The van der Waals surface area contributed by atoms with Gasteiger partial charge in [0.05, 0.1) is 5.56 Å². The second-order valence-electron chi connectivity index (χ2n) is 7.27. The van der Waals surface area contributed by atoms with Crippen molar-refractivity contribution in [1.82, 2.24) is 10.2 Å². The Labute approximate surface area is 173 Å². The Hall–Kier alpha value is -1.75. The minimum atomic E-state index is -0.0426. The lowest BCUT2D eigenvalue weighted by atomic mass is 9.96. The van der Waals surface area contributed by atoms with Crippen molar-refractivity contribution < 1.29 is 4.79 Å². The molecule has 0 aromatic heterocycles. The Bertz CT molecular complexity index is 742. The summed E-state index contributed by atoms with van der Waals surface area (Å²) in [5, 5.41) is 3.22. The molecule has 2 bridgehead atoms. The number of nitrogens with zero attached hydrogens (tertiary/aromatic N) is 1. The van der Waals surface area contributed by atoms with E-state index < -0.39 is 0 Å². The third-order valence-electron chi connectivity index (χ3n) is 5.63. The number of rotatable bonds is 4. The van der Waals surface area contributed by atoms with E-state index in [0.29, 0.717) is 23.3 Å². The zero-order chi connectivity index (χ0) is 17.2. The van der Waals surface area contributed by atoms with Gasteiger partial charge in [-0.25, -0.2) is 0 Å². The van der Waals surface area contributed by atoms with E-state index in [1.807, 2.05) is 12.1 Å². The molecule has 0 saturated carbocycles. The van der Waals surface area contributed by atoms with Gasteiger partial charge in [0.25, 0.3) is 5.91 Å². The molecule has 2 saturated heterocycles. The number of para-hydroxylation sites is 1. The lowest BCUT2D eigenvalue weighted by molar-refractivity contribution is 0.0828. The number of hydrogen-bond donors (Lipinski definition) is 2. The number of halogens is 2. The Morgan fingerprint density at radius 1 is 0.963 bits per heavy atom. The van der Waals surface area contributed by atoms with Crippen LogP contribution < -0.4 is 11.1 Å². The quantitative estimate of drug-likeness (QED) is 0.751. The van der Waals surface area contributed by atoms with Crippen molar-refractivity contribution in [3.63, 3.8) is 0 Å². The number of nitrogens with two attached hydrogens (primary N) is 1. The maximum Gasteiger partial charge on any atom is 0.253 e. The molecule has 1 amide bonds. The minimum Gasteiger partial charge on any atom is -0.398 e. The van der Waals surface area contributed by atoms with Crippen LogP contribution in [0.5, 0.6) is 0 Å². The normalized spacial score (nSPS) is 23.8. The molecule has 0 spiro atoms. The summed E-state index contributed by atoms with van der Waals surface area (Å²) in [5.41, 5.74) is 8.44. The maximum atomic E-state index is 12.5. The SMILES string of the molecule is Cl.Cl.Nc1ccccc1C(=O)NC1CC2CCC(C1)N2Cc1ccccc1. The van der Waals surface area contributed by atoms with Crippen LogP contribution >= 0.6 is 24.8 Å². The summed E-state index contributed by atoms with van der Waals surface area (Å²) in [6.07, 6.45) is 4.53. The van der Waals surface area contributed by atoms with Crippen LogP contribution in [0, 0.1) is 0 Å². The van der Waals surface area contributed by atoms with E-state index >= 15 is 0 Å². The zero-order valence-corrected chi connectivity index (χ0v) is 16.8. The molecule has 2 atom stereocenters. The van der Waals surface area contributed by atoms with Crippen LogP contribution in [0.4, 0.5) is 5.69 Å². The van der Waals surface area contributed by atoms with Crippen molar-refractivity contribution in [3.8, 4) is 0 Å². The molecule has 146 valence electrons. The molecule has 0 radical (unpaired) electrons. The Kier molecular flexibility index (Phi) is 7.54. The van der Waals surface area contributed by atoms with E-state index in [0.717, 1.165) is 19.4 Å². The zero-order valence-electron chi connectivity index (χ0n) is 15.2. The van der Waals surface area contributed by atoms with Gasteiger partial charge < -0.3 is 11.1 Å². The number of carbonyl (C=O) groups excluding carboxylic acids is 1. The minimum absolute atomic E-state index is 0. The molecular weight excluding hydrogens is 381 g/mol. The second-order valence-corrected chi connectivity index (χ2v) is 7.27. The molecule has 2 aliphatic heterocycles. The molecule has 2 aromatic rings. The van der Waals surface area contributed by atoms with Crippen LogP contribution in [0.25, 0.3) is 0 Å². The highest BCUT2D eigenvalue weighted by Crippen LogP contribution is 2.37. The van der Waals surface area contributed by atoms with Gasteiger partial charge in [0.15, 0.2) is 0 Å². The van der Waals surface area contributed by atoms with Gasteiger partial charge in [0.1, 0.15) is 0 Å². The first kappa shape index (κ1) is 21.5. The van der Waals surface area contributed by atoms with E-state index in [2.05, 4.69) is 40.5 Å². The fraction of sp³-hybridized carbons (Fsp3) is 0.381. The molecule has 4 nitrogen and oxygen atoms in total. The van der Waals surface area contributed by atoms with Crippen molar-refractivity contribution in [2.24, 2.45) is 0 Å². The summed E-state index contributed by atoms with van der Waals surface area (Å²) in [4.78, 5) is 15.2. The van der Waals surface area contributed by atoms with Crippen LogP contribution in [0.3, 0.4) is 0 Å². The van der Waals surface area contributed by atoms with Crippen LogP contribution in [-0.2, 0) is 6.54 Å². The van der Waals surface area contributed by atoms with Gasteiger partial charge in [-0.05, 0) is 43.4 Å². The third kappa shape index (κ3) is 4.75. The lowest BCUT2D eigenvalue weighted by Crippen LogP contribution is -2.50. The number of carbonyl (C=O) groups is 1. The van der Waals surface area contributed by atoms with Gasteiger partial charge >= 0.3 is 0 Å². The molecule has 2 aliphatic rings. The van der Waals surface area contributed by atoms with E-state index in [1.54, 1.807) is 12.1 Å². The molecule has 4 rings (SSSR count). The molecule has 2 fully saturated rings. The van der Waals surface area contributed by atoms with E-state index in [1.165, 1.54) is 18.4 Å². The molecule has 2 heterocycles. The van der Waals surface area contributed by atoms with Crippen LogP contribution in [0.15, 0.2) is 54.6 Å². The second kappa shape index (κ2) is 9.45. The van der Waals surface area contributed by atoms with Crippen molar-refractivity contribution in [3.05, 3.63) is 65.7 Å². The monoisotopic (exact) mass is 407 g/mol. The predicted octanol–water partition coefficient (Wildman–Crippen LogP) is 4.04. The van der Waals surface area contributed by atoms with Gasteiger partial charge in [0.2, 0.25) is 0 Å². The smallest absolute Gasteiger partial charge is 0.253 e. The van der Waals surface area contributed by atoms with Gasteiger partial charge in [-0.1, -0.05) is 42.5 Å². The number of hydrogen-bond acceptors (Lipinski definition) is 3. The molecule has 6 heteroatoms. The standard InChI is InChI=1S/C21H25N3O.2ClH/c22-20-9-5-4-8-19(20)21(25)23-16-12-17-10-11-18(13-16)24(17)14-15-6-2-1-3-7-15;;/h1-9,16-18H,10-14,22H2,(H,23,25);2*1H. The first-order valence-corrected chi connectivity index (χ1v) is 9.16. The highest BCUT2D eigenvalue weighted by atomic mass is 35.5. The Balaban J connectivity index is 0.00000131. The number of benzene rings is 2. The van der Waals surface area contributed by atoms with Crippen LogP contribution in [0.2, 0.25) is 0 Å². The fourth-order valence-electron chi connectivity index (χ4n) is 4.41. The van der Waals surface area contributed by atoms with Gasteiger partial charge in [-0.15, -0.1) is 24.8 Å². The summed E-state index contributed by atoms with van der Waals surface area (Å²) in [6, 6.07) is 19.3. The average Bonchev–Trinajstić information content (AvgIpc) is 2.85. The van der Waals surface area contributed by atoms with Crippen molar-refractivity contribution >= 4 is 36.4 Å². The van der Waals surface area contributed by atoms with Gasteiger partial charge in [-0.3, -0.25) is 9.69 Å². The van der Waals surface area contributed by atoms with E-state index in [9.17, 15) is 4.79 Å². The summed E-state index contributed by atoms with van der Waals surface area (Å²) in [6.45, 7) is 1.02. The van der Waals surface area contributed by atoms with E-state index in [4.69, 9.17) is 5.73 Å². The first-order chi connectivity index (χ1) is 12.2. The largest absolute Gasteiger partial charge is 0.398 e. The van der Waals surface area contributed by atoms with Gasteiger partial charge in [0, 0.05) is 30.4 Å². The van der Waals surface area contributed by atoms with Crippen LogP contribution in [-0.4, -0.2) is 28.9 Å². The highest BCUT2D eigenvalue weighted by Gasteiger charge is 2.40. The predicted molar refractivity (Wildman–Crippen MR) is 115 cm³/mol. The van der Waals surface area contributed by atoms with Gasteiger partial charge in [-0.2, -0.15) is 0 Å². The van der Waals surface area contributed by atoms with Crippen LogP contribution in [0.1, 0.15) is 41.6 Å². The molecule has 27 heavy (non-hydrogen) atoms. The molecular formula is C21H27Cl2N3O. The maximum absolute atomic E-state index is 12.5. The summed E-state index contributed by atoms with van der Waals surface area (Å²) in [7, 11) is 0. The Morgan fingerprint density at radius 2 is 1.56 bits per heavy atom. The lowest BCUT2D eigenvalue weighted by Gasteiger charge is -2.39. The number of nitrogen functional groups attached to an aromatic ring is 1. The number of anilines is 1. The number of piperidine rings is 1. The molecule has 2 unspecified atom stereocenters. The van der Waals surface area contributed by atoms with Crippen molar-refractivity contribution in [2.75, 3.05) is 5.73 Å². The summed E-state index contributed by atoms with van der Waals surface area (Å²) in [5.74, 6) is -0.0426. The average molecular weight is 408 g/mol. The summed E-state index contributed by atoms with van der Waals surface area (Å²) < 4.78 is 0. The van der Waals surface area contributed by atoms with Crippen molar-refractivity contribution in [1.29, 1.82) is 0 Å². The third-order valence-corrected chi connectivity index (χ3v) is 5.63.